The van der Waals surface area contributed by atoms with E-state index in [0.29, 0.717) is 45.2 Å². The molecule has 0 aliphatic heterocycles. The van der Waals surface area contributed by atoms with Gasteiger partial charge in [0.05, 0.1) is 23.8 Å². The molecule has 0 radical (unpaired) electrons. The molecule has 4 aromatic rings. The molecule has 158 valence electrons. The number of amides is 1. The van der Waals surface area contributed by atoms with Crippen LogP contribution in [0.3, 0.4) is 0 Å². The topological polar surface area (TPSA) is 124 Å². The number of H-pyrrole nitrogens is 1. The second-order valence-electron chi connectivity index (χ2n) is 7.10. The van der Waals surface area contributed by atoms with E-state index in [1.54, 1.807) is 44.0 Å². The molecule has 4 rings (SSSR count). The number of benzene rings is 1. The second-order valence-corrected chi connectivity index (χ2v) is 7.54. The van der Waals surface area contributed by atoms with Crippen LogP contribution >= 0.6 is 11.6 Å². The Balaban J connectivity index is 1.60. The lowest BCUT2D eigenvalue weighted by molar-refractivity contribution is 0.0938. The molecule has 4 N–H and O–H groups in total. The molecule has 0 bridgehead atoms. The zero-order valence-electron chi connectivity index (χ0n) is 17.0. The fraction of sp³-hybridized carbons (Fsp3) is 0.190. The van der Waals surface area contributed by atoms with Gasteiger partial charge in [0.15, 0.2) is 5.65 Å². The first kappa shape index (κ1) is 20.5. The minimum absolute atomic E-state index is 0.117. The molecule has 1 amide bonds. The Morgan fingerprint density at radius 2 is 2.19 bits per heavy atom. The van der Waals surface area contributed by atoms with Gasteiger partial charge >= 0.3 is 0 Å². The minimum atomic E-state index is -0.265. The van der Waals surface area contributed by atoms with Crippen molar-refractivity contribution in [1.29, 1.82) is 5.41 Å². The first-order valence-electron chi connectivity index (χ1n) is 9.63. The molecule has 0 saturated heterocycles. The van der Waals surface area contributed by atoms with E-state index in [0.717, 1.165) is 0 Å². The van der Waals surface area contributed by atoms with Crippen molar-refractivity contribution < 1.29 is 4.79 Å². The molecule has 0 fully saturated rings. The van der Waals surface area contributed by atoms with Crippen molar-refractivity contribution in [2.75, 3.05) is 12.4 Å². The molecule has 10 heteroatoms. The second kappa shape index (κ2) is 8.57. The van der Waals surface area contributed by atoms with Gasteiger partial charge in [-0.2, -0.15) is 0 Å². The number of halogens is 1. The largest absolute Gasteiger partial charge is 0.388 e. The summed E-state index contributed by atoms with van der Waals surface area (Å²) < 4.78 is 1.89. The smallest absolute Gasteiger partial charge is 0.255 e. The summed E-state index contributed by atoms with van der Waals surface area (Å²) >= 11 is 6.06. The van der Waals surface area contributed by atoms with Gasteiger partial charge in [-0.15, -0.1) is 0 Å². The highest BCUT2D eigenvalue weighted by molar-refractivity contribution is 6.31. The zero-order chi connectivity index (χ0) is 22.0. The number of nitrogens with one attached hydrogen (secondary N) is 4. The Bertz CT molecular complexity index is 1250. The maximum Gasteiger partial charge on any atom is 0.255 e. The number of carbonyl (C=O) groups is 1. The normalized spacial score (nSPS) is 12.0. The van der Waals surface area contributed by atoms with E-state index in [4.69, 9.17) is 17.0 Å². The third-order valence-electron chi connectivity index (χ3n) is 4.82. The summed E-state index contributed by atoms with van der Waals surface area (Å²) in [6.07, 6.45) is 8.33. The lowest BCUT2D eigenvalue weighted by Crippen LogP contribution is -2.35. The van der Waals surface area contributed by atoms with Crippen molar-refractivity contribution in [2.45, 2.75) is 19.5 Å². The van der Waals surface area contributed by atoms with Crippen LogP contribution in [0, 0.1) is 5.41 Å². The fourth-order valence-electron chi connectivity index (χ4n) is 3.32. The van der Waals surface area contributed by atoms with Crippen LogP contribution in [-0.2, 0) is 6.54 Å². The molecule has 31 heavy (non-hydrogen) atoms. The highest BCUT2D eigenvalue weighted by Gasteiger charge is 2.19. The summed E-state index contributed by atoms with van der Waals surface area (Å²) in [5.74, 6) is -0.265. The number of rotatable bonds is 7. The number of hydrogen-bond acceptors (Lipinski definition) is 6. The molecule has 3 aromatic heterocycles. The van der Waals surface area contributed by atoms with Gasteiger partial charge in [-0.05, 0) is 25.1 Å². The van der Waals surface area contributed by atoms with E-state index in [9.17, 15) is 4.79 Å². The predicted molar refractivity (Wildman–Crippen MR) is 120 cm³/mol. The van der Waals surface area contributed by atoms with Crippen molar-refractivity contribution in [3.63, 3.8) is 0 Å². The predicted octanol–water partition coefficient (Wildman–Crippen LogP) is 3.08. The van der Waals surface area contributed by atoms with Crippen molar-refractivity contribution in [3.8, 4) is 0 Å². The molecule has 1 atom stereocenters. The maximum absolute atomic E-state index is 12.8. The Morgan fingerprint density at radius 1 is 1.35 bits per heavy atom. The number of anilines is 1. The number of aromatic nitrogens is 5. The van der Waals surface area contributed by atoms with E-state index in [-0.39, 0.29) is 17.7 Å². The number of nitrogens with zero attached hydrogens (tertiary/aromatic N) is 4. The van der Waals surface area contributed by atoms with Gasteiger partial charge in [-0.1, -0.05) is 11.6 Å². The summed E-state index contributed by atoms with van der Waals surface area (Å²) in [7, 11) is 1.76. The Labute approximate surface area is 183 Å². The first-order valence-corrected chi connectivity index (χ1v) is 10.0. The molecule has 1 unspecified atom stereocenters. The maximum atomic E-state index is 12.8. The van der Waals surface area contributed by atoms with Crippen molar-refractivity contribution >= 4 is 40.1 Å². The Kier molecular flexibility index (Phi) is 5.68. The standard InChI is InChI=1S/C21H21ClN8O/c1-12(10-30-6-5-25-11-30)28-21(31)15-8-26-20-19(15)29-17(9-27-20)18(23)14-4-3-13(22)7-16(14)24-2/h3-9,11-12,23-24H,10H2,1-2H3,(H,26,27)(H,28,31). The van der Waals surface area contributed by atoms with E-state index in [1.165, 1.54) is 6.20 Å². The third kappa shape index (κ3) is 4.26. The van der Waals surface area contributed by atoms with Crippen molar-refractivity contribution in [3.05, 3.63) is 71.2 Å². The Hall–Kier alpha value is -3.72. The molecule has 1 aromatic carbocycles. The van der Waals surface area contributed by atoms with Crippen LogP contribution in [0.1, 0.15) is 28.5 Å². The molecule has 0 spiro atoms. The number of hydrogen-bond donors (Lipinski definition) is 4. The van der Waals surface area contributed by atoms with Crippen LogP contribution in [-0.4, -0.2) is 49.2 Å². The minimum Gasteiger partial charge on any atom is -0.388 e. The van der Waals surface area contributed by atoms with Crippen LogP contribution in [0.2, 0.25) is 5.02 Å². The van der Waals surface area contributed by atoms with Crippen LogP contribution in [0.15, 0.2) is 49.3 Å². The van der Waals surface area contributed by atoms with Crippen LogP contribution in [0.4, 0.5) is 5.69 Å². The van der Waals surface area contributed by atoms with Crippen LogP contribution in [0.5, 0.6) is 0 Å². The van der Waals surface area contributed by atoms with Gasteiger partial charge in [0, 0.05) is 54.5 Å². The van der Waals surface area contributed by atoms with Gasteiger partial charge < -0.3 is 20.2 Å². The molecule has 0 saturated carbocycles. The van der Waals surface area contributed by atoms with Crippen molar-refractivity contribution in [2.24, 2.45) is 0 Å². The number of imidazole rings is 1. The summed E-state index contributed by atoms with van der Waals surface area (Å²) in [5, 5.41) is 15.2. The lowest BCUT2D eigenvalue weighted by atomic mass is 10.1. The molecular weight excluding hydrogens is 416 g/mol. The highest BCUT2D eigenvalue weighted by Crippen LogP contribution is 2.24. The lowest BCUT2D eigenvalue weighted by Gasteiger charge is -2.14. The zero-order valence-corrected chi connectivity index (χ0v) is 17.7. The first-order chi connectivity index (χ1) is 15.0. The van der Waals surface area contributed by atoms with Gasteiger partial charge in [0.2, 0.25) is 0 Å². The molecule has 0 aliphatic carbocycles. The van der Waals surface area contributed by atoms with E-state index in [2.05, 4.69) is 30.6 Å². The number of aromatic amines is 1. The molecular formula is C21H21ClN8O. The average Bonchev–Trinajstić information content (AvgIpc) is 3.42. The summed E-state index contributed by atoms with van der Waals surface area (Å²) in [6.45, 7) is 2.51. The highest BCUT2D eigenvalue weighted by atomic mass is 35.5. The third-order valence-corrected chi connectivity index (χ3v) is 5.06. The van der Waals surface area contributed by atoms with Crippen LogP contribution in [0.25, 0.3) is 11.2 Å². The summed E-state index contributed by atoms with van der Waals surface area (Å²) in [4.78, 5) is 28.7. The SMILES string of the molecule is CNc1cc(Cl)ccc1C(=N)c1cnc2[nH]cc(C(=O)NC(C)Cn3ccnc3)c2n1. The summed E-state index contributed by atoms with van der Waals surface area (Å²) in [5.41, 5.74) is 3.14. The van der Waals surface area contributed by atoms with Gasteiger partial charge in [-0.25, -0.2) is 15.0 Å². The van der Waals surface area contributed by atoms with E-state index >= 15 is 0 Å². The Morgan fingerprint density at radius 3 is 2.94 bits per heavy atom. The van der Waals surface area contributed by atoms with Gasteiger partial charge in [0.1, 0.15) is 11.2 Å². The fourth-order valence-corrected chi connectivity index (χ4v) is 3.49. The molecule has 9 nitrogen and oxygen atoms in total. The van der Waals surface area contributed by atoms with Crippen molar-refractivity contribution in [1.82, 2.24) is 29.8 Å². The summed E-state index contributed by atoms with van der Waals surface area (Å²) in [6, 6.07) is 5.10. The monoisotopic (exact) mass is 436 g/mol. The quantitative estimate of drug-likeness (QED) is 0.331. The van der Waals surface area contributed by atoms with E-state index < -0.39 is 0 Å². The van der Waals surface area contributed by atoms with Gasteiger partial charge in [0.25, 0.3) is 5.91 Å². The molecule has 0 aliphatic rings. The average molecular weight is 437 g/mol. The number of carbonyl (C=O) groups excluding carboxylic acids is 1. The number of fused-ring (bicyclic) bond motifs is 1. The molecule has 3 heterocycles. The van der Waals surface area contributed by atoms with Crippen LogP contribution < -0.4 is 10.6 Å². The van der Waals surface area contributed by atoms with E-state index in [1.807, 2.05) is 17.7 Å². The van der Waals surface area contributed by atoms with Gasteiger partial charge in [-0.3, -0.25) is 10.2 Å².